The largest absolute Gasteiger partial charge is 0.493 e. The second kappa shape index (κ2) is 10.4. The zero-order valence-electron chi connectivity index (χ0n) is 19.3. The van der Waals surface area contributed by atoms with Crippen molar-refractivity contribution < 1.29 is 19.4 Å². The average molecular weight is 490 g/mol. The number of aliphatic carboxylic acids is 1. The van der Waals surface area contributed by atoms with Crippen LogP contribution in [0.2, 0.25) is 0 Å². The third kappa shape index (κ3) is 4.85. The van der Waals surface area contributed by atoms with Crippen LogP contribution in [-0.4, -0.2) is 52.5 Å². The number of carbonyl (C=O) groups is 1. The highest BCUT2D eigenvalue weighted by Crippen LogP contribution is 2.35. The molecule has 9 nitrogen and oxygen atoms in total. The molecule has 10 heteroatoms. The smallest absolute Gasteiger partial charge is 0.326 e. The first-order valence-electron chi connectivity index (χ1n) is 10.6. The maximum atomic E-state index is 12.2. The number of aromatic amines is 1. The van der Waals surface area contributed by atoms with Crippen molar-refractivity contribution in [2.24, 2.45) is 0 Å². The van der Waals surface area contributed by atoms with Gasteiger partial charge in [-0.1, -0.05) is 30.0 Å². The van der Waals surface area contributed by atoms with Gasteiger partial charge in [-0.05, 0) is 36.1 Å². The number of hydrogen-bond donors (Lipinski definition) is 3. The van der Waals surface area contributed by atoms with Crippen molar-refractivity contribution in [3.8, 4) is 28.8 Å². The molecule has 2 aromatic heterocycles. The van der Waals surface area contributed by atoms with Crippen LogP contribution in [0, 0.1) is 11.3 Å². The van der Waals surface area contributed by atoms with Gasteiger partial charge in [-0.25, -0.2) is 14.8 Å². The van der Waals surface area contributed by atoms with Crippen molar-refractivity contribution in [3.05, 3.63) is 59.8 Å². The maximum Gasteiger partial charge on any atom is 0.326 e. The minimum absolute atomic E-state index is 0.139. The van der Waals surface area contributed by atoms with Gasteiger partial charge in [-0.2, -0.15) is 5.26 Å². The van der Waals surface area contributed by atoms with E-state index in [4.69, 9.17) is 9.47 Å². The lowest BCUT2D eigenvalue weighted by Gasteiger charge is -2.18. The van der Waals surface area contributed by atoms with Crippen molar-refractivity contribution >= 4 is 34.5 Å². The van der Waals surface area contributed by atoms with E-state index in [1.165, 1.54) is 26.0 Å². The van der Waals surface area contributed by atoms with E-state index >= 15 is 0 Å². The molecule has 0 radical (unpaired) electrons. The number of thioether (sulfide) groups is 1. The molecule has 35 heavy (non-hydrogen) atoms. The number of aromatic nitrogens is 3. The number of nitrogens with zero attached hydrogens (tertiary/aromatic N) is 3. The molecule has 0 aliphatic rings. The summed E-state index contributed by atoms with van der Waals surface area (Å²) in [6.07, 6.45) is 3.80. The number of nitrogens with one attached hydrogen (secondary N) is 2. The summed E-state index contributed by atoms with van der Waals surface area (Å²) < 4.78 is 10.7. The van der Waals surface area contributed by atoms with Crippen LogP contribution in [0.25, 0.3) is 22.2 Å². The van der Waals surface area contributed by atoms with Crippen molar-refractivity contribution in [2.45, 2.75) is 17.6 Å². The Morgan fingerprint density at radius 1 is 1.20 bits per heavy atom. The summed E-state index contributed by atoms with van der Waals surface area (Å²) in [5.41, 5.74) is 2.89. The van der Waals surface area contributed by atoms with Crippen molar-refractivity contribution in [3.63, 3.8) is 0 Å². The number of H-pyrrole nitrogens is 1. The normalized spacial score (nSPS) is 11.6. The van der Waals surface area contributed by atoms with Gasteiger partial charge in [0.2, 0.25) is 0 Å². The molecule has 4 rings (SSSR count). The molecule has 2 aromatic carbocycles. The lowest BCUT2D eigenvalue weighted by atomic mass is 10.0. The first-order chi connectivity index (χ1) is 17.0. The summed E-state index contributed by atoms with van der Waals surface area (Å²) in [6, 6.07) is 14.0. The number of benzene rings is 2. The fourth-order valence-electron chi connectivity index (χ4n) is 3.82. The third-order valence-corrected chi connectivity index (χ3v) is 6.10. The number of methoxy groups -OCH3 is 2. The molecule has 0 aliphatic heterocycles. The summed E-state index contributed by atoms with van der Waals surface area (Å²) in [6.45, 7) is 0. The predicted molar refractivity (Wildman–Crippen MR) is 134 cm³/mol. The van der Waals surface area contributed by atoms with Gasteiger partial charge >= 0.3 is 5.97 Å². The second-order valence-corrected chi connectivity index (χ2v) is 8.34. The Morgan fingerprint density at radius 2 is 1.97 bits per heavy atom. The minimum atomic E-state index is -1.06. The molecule has 0 saturated carbocycles. The number of carboxylic acids is 1. The second-order valence-electron chi connectivity index (χ2n) is 7.56. The molecule has 3 N–H and O–H groups in total. The molecular formula is C25H23N5O4S. The quantitative estimate of drug-likeness (QED) is 0.232. The molecule has 0 amide bonds. The third-order valence-electron chi connectivity index (χ3n) is 5.55. The molecule has 4 aromatic rings. The van der Waals surface area contributed by atoms with Crippen molar-refractivity contribution in [1.82, 2.24) is 15.0 Å². The zero-order chi connectivity index (χ0) is 24.9. The highest BCUT2D eigenvalue weighted by atomic mass is 32.2. The van der Waals surface area contributed by atoms with Crippen LogP contribution >= 0.6 is 11.8 Å². The van der Waals surface area contributed by atoms with Gasteiger partial charge in [-0.15, -0.1) is 0 Å². The fraction of sp³-hybridized carbons (Fsp3) is 0.200. The SMILES string of the molecule is COc1ccc(-c2nc(SC)nc(NC(Cc3c[nH]c4ccccc34)C(=O)O)c2C#N)cc1OC. The lowest BCUT2D eigenvalue weighted by Crippen LogP contribution is -2.32. The number of carboxylic acid groups (broad SMARTS) is 1. The Kier molecular flexibility index (Phi) is 7.08. The fourth-order valence-corrected chi connectivity index (χ4v) is 4.18. The first-order valence-corrected chi connectivity index (χ1v) is 11.8. The number of rotatable bonds is 9. The van der Waals surface area contributed by atoms with E-state index in [1.807, 2.05) is 30.5 Å². The molecule has 178 valence electrons. The van der Waals surface area contributed by atoms with Crippen LogP contribution < -0.4 is 14.8 Å². The Bertz CT molecular complexity index is 1430. The van der Waals surface area contributed by atoms with E-state index in [0.29, 0.717) is 27.9 Å². The maximum absolute atomic E-state index is 12.2. The summed E-state index contributed by atoms with van der Waals surface area (Å²) in [4.78, 5) is 24.3. The van der Waals surface area contributed by atoms with E-state index < -0.39 is 12.0 Å². The molecule has 0 bridgehead atoms. The molecular weight excluding hydrogens is 466 g/mol. The van der Waals surface area contributed by atoms with E-state index in [0.717, 1.165) is 16.5 Å². The highest BCUT2D eigenvalue weighted by molar-refractivity contribution is 7.98. The molecule has 2 heterocycles. The van der Waals surface area contributed by atoms with Crippen LogP contribution in [0.4, 0.5) is 5.82 Å². The van der Waals surface area contributed by atoms with E-state index in [1.54, 1.807) is 24.4 Å². The van der Waals surface area contributed by atoms with Crippen LogP contribution in [0.15, 0.2) is 53.8 Å². The summed E-state index contributed by atoms with van der Waals surface area (Å²) in [5.74, 6) is 0.118. The predicted octanol–water partition coefficient (Wildman–Crippen LogP) is 4.34. The topological polar surface area (TPSA) is 133 Å². The summed E-state index contributed by atoms with van der Waals surface area (Å²) in [5, 5.41) is 24.3. The number of fused-ring (bicyclic) bond motifs is 1. The number of para-hydroxylation sites is 1. The number of ether oxygens (including phenoxy) is 2. The molecule has 0 aliphatic carbocycles. The van der Waals surface area contributed by atoms with Gasteiger partial charge in [0.15, 0.2) is 16.7 Å². The van der Waals surface area contributed by atoms with Gasteiger partial charge in [0.25, 0.3) is 0 Å². The summed E-state index contributed by atoms with van der Waals surface area (Å²) >= 11 is 1.29. The van der Waals surface area contributed by atoms with Crippen LogP contribution in [-0.2, 0) is 11.2 Å². The first kappa shape index (κ1) is 23.9. The molecule has 1 unspecified atom stereocenters. The molecule has 0 fully saturated rings. The number of anilines is 1. The standard InChI is InChI=1S/C25H23N5O4S/c1-33-20-9-8-14(11-21(20)34-2)22-17(12-26)23(30-25(29-22)35-3)28-19(24(31)32)10-15-13-27-18-7-5-4-6-16(15)18/h4-9,11,13,19,27H,10H2,1-3H3,(H,31,32)(H,28,29,30). The van der Waals surface area contributed by atoms with E-state index in [-0.39, 0.29) is 17.8 Å². The van der Waals surface area contributed by atoms with E-state index in [9.17, 15) is 15.2 Å². The Morgan fingerprint density at radius 3 is 2.66 bits per heavy atom. The minimum Gasteiger partial charge on any atom is -0.493 e. The Labute approximate surface area is 206 Å². The van der Waals surface area contributed by atoms with Crippen molar-refractivity contribution in [2.75, 3.05) is 25.8 Å². The molecule has 1 atom stereocenters. The molecule has 0 spiro atoms. The van der Waals surface area contributed by atoms with Gasteiger partial charge in [0.05, 0.1) is 19.9 Å². The van der Waals surface area contributed by atoms with Crippen LogP contribution in [0.1, 0.15) is 11.1 Å². The zero-order valence-corrected chi connectivity index (χ0v) is 20.1. The monoisotopic (exact) mass is 489 g/mol. The Hall–Kier alpha value is -4.23. The van der Waals surface area contributed by atoms with Gasteiger partial charge in [-0.3, -0.25) is 0 Å². The van der Waals surface area contributed by atoms with Gasteiger partial charge in [0.1, 0.15) is 23.5 Å². The van der Waals surface area contributed by atoms with Crippen molar-refractivity contribution in [1.29, 1.82) is 5.26 Å². The van der Waals surface area contributed by atoms with Crippen LogP contribution in [0.3, 0.4) is 0 Å². The summed E-state index contributed by atoms with van der Waals surface area (Å²) in [7, 11) is 3.06. The number of hydrogen-bond acceptors (Lipinski definition) is 8. The van der Waals surface area contributed by atoms with Gasteiger partial charge in [0, 0.05) is 29.1 Å². The molecule has 0 saturated heterocycles. The van der Waals surface area contributed by atoms with Crippen LogP contribution in [0.5, 0.6) is 11.5 Å². The Balaban J connectivity index is 1.76. The highest BCUT2D eigenvalue weighted by Gasteiger charge is 2.24. The van der Waals surface area contributed by atoms with E-state index in [2.05, 4.69) is 26.3 Å². The van der Waals surface area contributed by atoms with Gasteiger partial charge < -0.3 is 24.9 Å². The average Bonchev–Trinajstić information content (AvgIpc) is 3.30. The number of nitriles is 1. The lowest BCUT2D eigenvalue weighted by molar-refractivity contribution is -0.137.